The van der Waals surface area contributed by atoms with Crippen LogP contribution in [0.5, 0.6) is 0 Å². The van der Waals surface area contributed by atoms with Crippen LogP contribution in [0.3, 0.4) is 0 Å². The van der Waals surface area contributed by atoms with Crippen molar-refractivity contribution in [1.29, 1.82) is 0 Å². The number of nitrogens with zero attached hydrogens (tertiary/aromatic N) is 2. The summed E-state index contributed by atoms with van der Waals surface area (Å²) in [4.78, 5) is 18.5. The second kappa shape index (κ2) is 12.8. The number of amides is 1. The number of carbonyl (C=O) groups excluding carboxylic acids is 1. The summed E-state index contributed by atoms with van der Waals surface area (Å²) in [6.45, 7) is 5.75. The summed E-state index contributed by atoms with van der Waals surface area (Å²) < 4.78 is 0. The van der Waals surface area contributed by atoms with Gasteiger partial charge in [-0.25, -0.2) is 4.99 Å². The van der Waals surface area contributed by atoms with Crippen LogP contribution in [-0.4, -0.2) is 36.4 Å². The lowest BCUT2D eigenvalue weighted by Crippen LogP contribution is -2.38. The summed E-state index contributed by atoms with van der Waals surface area (Å²) in [6, 6.07) is 16.2. The molecule has 0 spiro atoms. The molecule has 0 bridgehead atoms. The number of likely N-dealkylation sites (tertiary alicyclic amines) is 1. The minimum Gasteiger partial charge on any atom is -0.357 e. The topological polar surface area (TPSA) is 56.7 Å². The summed E-state index contributed by atoms with van der Waals surface area (Å²) >= 11 is 6.23. The van der Waals surface area contributed by atoms with Crippen LogP contribution < -0.4 is 10.6 Å². The number of nitrogens with one attached hydrogen (secondary N) is 2. The molecule has 30 heavy (non-hydrogen) atoms. The van der Waals surface area contributed by atoms with Crippen molar-refractivity contribution >= 4 is 47.4 Å². The smallest absolute Gasteiger partial charge is 0.222 e. The van der Waals surface area contributed by atoms with Crippen molar-refractivity contribution in [2.24, 2.45) is 4.99 Å². The van der Waals surface area contributed by atoms with Crippen LogP contribution in [0.25, 0.3) is 0 Å². The van der Waals surface area contributed by atoms with Crippen LogP contribution >= 0.6 is 35.6 Å². The number of guanidine groups is 1. The van der Waals surface area contributed by atoms with Crippen molar-refractivity contribution in [1.82, 2.24) is 15.5 Å². The van der Waals surface area contributed by atoms with Crippen LogP contribution in [0, 0.1) is 0 Å². The lowest BCUT2D eigenvalue weighted by atomic mass is 10.1. The number of benzene rings is 2. The van der Waals surface area contributed by atoms with Gasteiger partial charge < -0.3 is 15.5 Å². The van der Waals surface area contributed by atoms with Crippen LogP contribution in [0.15, 0.2) is 53.5 Å². The summed E-state index contributed by atoms with van der Waals surface area (Å²) in [7, 11) is 0. The maximum Gasteiger partial charge on any atom is 0.222 e. The highest BCUT2D eigenvalue weighted by Gasteiger charge is 2.19. The molecule has 3 rings (SSSR count). The fourth-order valence-electron chi connectivity index (χ4n) is 3.45. The van der Waals surface area contributed by atoms with E-state index in [1.807, 2.05) is 35.2 Å². The van der Waals surface area contributed by atoms with E-state index in [0.717, 1.165) is 60.1 Å². The van der Waals surface area contributed by atoms with Crippen molar-refractivity contribution in [3.63, 3.8) is 0 Å². The second-order valence-electron chi connectivity index (χ2n) is 7.20. The molecule has 0 saturated carbocycles. The Bertz CT molecular complexity index is 859. The Balaban J connectivity index is 0.00000320. The average molecular weight is 541 g/mol. The van der Waals surface area contributed by atoms with Crippen LogP contribution in [-0.2, 0) is 24.3 Å². The van der Waals surface area contributed by atoms with Gasteiger partial charge in [0, 0.05) is 37.6 Å². The third-order valence-electron chi connectivity index (χ3n) is 4.94. The Hall–Kier alpha value is -1.80. The molecule has 1 aliphatic rings. The minimum atomic E-state index is 0. The molecule has 0 unspecified atom stereocenters. The van der Waals surface area contributed by atoms with E-state index in [4.69, 9.17) is 16.6 Å². The maximum atomic E-state index is 11.9. The van der Waals surface area contributed by atoms with Gasteiger partial charge in [0.1, 0.15) is 0 Å². The molecule has 0 aliphatic carbocycles. The van der Waals surface area contributed by atoms with E-state index in [1.54, 1.807) is 0 Å². The van der Waals surface area contributed by atoms with Crippen LogP contribution in [0.4, 0.5) is 0 Å². The maximum absolute atomic E-state index is 11.9. The zero-order chi connectivity index (χ0) is 20.5. The van der Waals surface area contributed by atoms with E-state index in [1.165, 1.54) is 0 Å². The first kappa shape index (κ1) is 24.5. The highest BCUT2D eigenvalue weighted by atomic mass is 127. The van der Waals surface area contributed by atoms with Crippen LogP contribution in [0.2, 0.25) is 5.02 Å². The van der Waals surface area contributed by atoms with Crippen molar-refractivity contribution in [2.75, 3.05) is 19.6 Å². The van der Waals surface area contributed by atoms with E-state index in [2.05, 4.69) is 35.8 Å². The van der Waals surface area contributed by atoms with E-state index >= 15 is 0 Å². The summed E-state index contributed by atoms with van der Waals surface area (Å²) in [5.41, 5.74) is 3.42. The quantitative estimate of drug-likeness (QED) is 0.297. The SMILES string of the molecule is CCNC(=NCc1cccc(CN2CCCC2=O)c1)NCCc1ccccc1Cl.I. The molecule has 0 atom stereocenters. The predicted molar refractivity (Wildman–Crippen MR) is 134 cm³/mol. The average Bonchev–Trinajstić information content (AvgIpc) is 3.12. The first-order valence-electron chi connectivity index (χ1n) is 10.3. The van der Waals surface area contributed by atoms with Crippen molar-refractivity contribution in [2.45, 2.75) is 39.3 Å². The van der Waals surface area contributed by atoms with E-state index in [0.29, 0.717) is 19.5 Å². The Labute approximate surface area is 201 Å². The Morgan fingerprint density at radius 3 is 2.67 bits per heavy atom. The molecule has 7 heteroatoms. The molecule has 1 amide bonds. The zero-order valence-corrected chi connectivity index (χ0v) is 20.5. The molecule has 2 aromatic rings. The number of rotatable bonds is 8. The van der Waals surface area contributed by atoms with E-state index in [9.17, 15) is 4.79 Å². The monoisotopic (exact) mass is 540 g/mol. The molecule has 1 saturated heterocycles. The summed E-state index contributed by atoms with van der Waals surface area (Å²) in [5, 5.41) is 7.45. The first-order chi connectivity index (χ1) is 14.2. The molecule has 0 aromatic heterocycles. The lowest BCUT2D eigenvalue weighted by molar-refractivity contribution is -0.128. The fourth-order valence-corrected chi connectivity index (χ4v) is 3.68. The standard InChI is InChI=1S/C23H29ClN4O.HI/c1-2-25-23(26-13-12-20-9-3-4-10-21(20)24)27-16-18-7-5-8-19(15-18)17-28-14-6-11-22(28)29;/h3-5,7-10,15H,2,6,11-14,16-17H2,1H3,(H2,25,26,27);1H. The number of halogens is 2. The molecule has 1 heterocycles. The molecular weight excluding hydrogens is 511 g/mol. The van der Waals surface area contributed by atoms with E-state index in [-0.39, 0.29) is 29.9 Å². The van der Waals surface area contributed by atoms with Crippen molar-refractivity contribution in [3.8, 4) is 0 Å². The van der Waals surface area contributed by atoms with Crippen molar-refractivity contribution in [3.05, 3.63) is 70.2 Å². The van der Waals surface area contributed by atoms with Crippen molar-refractivity contribution < 1.29 is 4.79 Å². The molecule has 2 N–H and O–H groups in total. The minimum absolute atomic E-state index is 0. The molecule has 0 radical (unpaired) electrons. The summed E-state index contributed by atoms with van der Waals surface area (Å²) in [6.07, 6.45) is 2.48. The molecule has 1 aliphatic heterocycles. The van der Waals surface area contributed by atoms with Gasteiger partial charge >= 0.3 is 0 Å². The highest BCUT2D eigenvalue weighted by Crippen LogP contribution is 2.16. The second-order valence-corrected chi connectivity index (χ2v) is 7.61. The Morgan fingerprint density at radius 2 is 1.93 bits per heavy atom. The molecule has 2 aromatic carbocycles. The molecular formula is C23H30ClIN4O. The van der Waals surface area contributed by atoms with E-state index < -0.39 is 0 Å². The van der Waals surface area contributed by atoms with Gasteiger partial charge in [-0.3, -0.25) is 4.79 Å². The zero-order valence-electron chi connectivity index (χ0n) is 17.4. The first-order valence-corrected chi connectivity index (χ1v) is 10.6. The van der Waals surface area contributed by atoms with Gasteiger partial charge in [-0.05, 0) is 42.5 Å². The Kier molecular flexibility index (Phi) is 10.4. The number of carbonyl (C=O) groups is 1. The number of hydrogen-bond acceptors (Lipinski definition) is 2. The largest absolute Gasteiger partial charge is 0.357 e. The molecule has 1 fully saturated rings. The van der Waals surface area contributed by atoms with Gasteiger partial charge in [-0.15, -0.1) is 24.0 Å². The Morgan fingerprint density at radius 1 is 1.13 bits per heavy atom. The molecule has 162 valence electrons. The molecule has 5 nitrogen and oxygen atoms in total. The fraction of sp³-hybridized carbons (Fsp3) is 0.391. The highest BCUT2D eigenvalue weighted by molar-refractivity contribution is 14.0. The summed E-state index contributed by atoms with van der Waals surface area (Å²) in [5.74, 6) is 1.05. The van der Waals surface area contributed by atoms with Gasteiger partial charge in [0.05, 0.1) is 6.54 Å². The third kappa shape index (κ3) is 7.47. The lowest BCUT2D eigenvalue weighted by Gasteiger charge is -2.16. The number of hydrogen-bond donors (Lipinski definition) is 2. The number of aliphatic imine (C=N–C) groups is 1. The van der Waals surface area contributed by atoms with Gasteiger partial charge in [-0.2, -0.15) is 0 Å². The normalized spacial score (nSPS) is 13.9. The van der Waals surface area contributed by atoms with Crippen LogP contribution in [0.1, 0.15) is 36.5 Å². The van der Waals surface area contributed by atoms with Gasteiger partial charge in [0.15, 0.2) is 5.96 Å². The van der Waals surface area contributed by atoms with Gasteiger partial charge in [0.2, 0.25) is 5.91 Å². The van der Waals surface area contributed by atoms with Gasteiger partial charge in [0.25, 0.3) is 0 Å². The third-order valence-corrected chi connectivity index (χ3v) is 5.31. The predicted octanol–water partition coefficient (Wildman–Crippen LogP) is 4.38. The van der Waals surface area contributed by atoms with Gasteiger partial charge in [-0.1, -0.05) is 54.1 Å².